The van der Waals surface area contributed by atoms with E-state index in [9.17, 15) is 15.2 Å². The Labute approximate surface area is 199 Å². The monoisotopic (exact) mass is 469 g/mol. The predicted octanol–water partition coefficient (Wildman–Crippen LogP) is 5.44. The third-order valence-electron chi connectivity index (χ3n) is 6.10. The molecule has 0 radical (unpaired) electrons. The van der Waals surface area contributed by atoms with Gasteiger partial charge in [0.25, 0.3) is 0 Å². The highest BCUT2D eigenvalue weighted by molar-refractivity contribution is 7.17. The zero-order chi connectivity index (χ0) is 23.8. The first-order valence-corrected chi connectivity index (χ1v) is 12.0. The molecular formula is C25H31N3O4S. The molecule has 1 aliphatic heterocycles. The highest BCUT2D eigenvalue weighted by Crippen LogP contribution is 2.34. The highest BCUT2D eigenvalue weighted by atomic mass is 32.1. The third-order valence-corrected chi connectivity index (χ3v) is 7.19. The van der Waals surface area contributed by atoms with E-state index in [2.05, 4.69) is 23.1 Å². The fraction of sp³-hybridized carbons (Fsp3) is 0.440. The first-order chi connectivity index (χ1) is 16.0. The van der Waals surface area contributed by atoms with E-state index in [0.717, 1.165) is 42.8 Å². The number of nitriles is 1. The molecular weight excluding hydrogens is 438 g/mol. The van der Waals surface area contributed by atoms with Gasteiger partial charge in [0.2, 0.25) is 0 Å². The van der Waals surface area contributed by atoms with Crippen LogP contribution in [0.2, 0.25) is 0 Å². The molecule has 3 rings (SSSR count). The standard InChI is InChI=1S/C25H31N3O4S/c1-4-27(25(29)30)12-9-18-10-13-28(14-11-18)24-8-6-21(33-24)15-20(17-26)19-5-7-22(31-2)23(16-19)32-3/h5-8,15-16,18H,4,9-14H2,1-3H3,(H,29,30). The minimum atomic E-state index is -0.834. The Morgan fingerprint density at radius 1 is 1.24 bits per heavy atom. The lowest BCUT2D eigenvalue weighted by Crippen LogP contribution is -2.36. The topological polar surface area (TPSA) is 86.0 Å². The maximum Gasteiger partial charge on any atom is 0.407 e. The lowest BCUT2D eigenvalue weighted by Gasteiger charge is -2.33. The normalized spacial score (nSPS) is 14.6. The summed E-state index contributed by atoms with van der Waals surface area (Å²) in [6.07, 6.45) is 4.13. The minimum absolute atomic E-state index is 0.535. The number of hydrogen-bond acceptors (Lipinski definition) is 6. The summed E-state index contributed by atoms with van der Waals surface area (Å²) >= 11 is 1.68. The average Bonchev–Trinajstić information content (AvgIpc) is 3.31. The molecule has 1 amide bonds. The largest absolute Gasteiger partial charge is 0.493 e. The van der Waals surface area contributed by atoms with Crippen LogP contribution < -0.4 is 14.4 Å². The van der Waals surface area contributed by atoms with Crippen LogP contribution in [0.4, 0.5) is 9.80 Å². The molecule has 7 nitrogen and oxygen atoms in total. The summed E-state index contributed by atoms with van der Waals surface area (Å²) < 4.78 is 10.6. The number of amides is 1. The van der Waals surface area contributed by atoms with Gasteiger partial charge in [-0.15, -0.1) is 11.3 Å². The predicted molar refractivity (Wildman–Crippen MR) is 132 cm³/mol. The number of methoxy groups -OCH3 is 2. The van der Waals surface area contributed by atoms with Gasteiger partial charge in [-0.05, 0) is 74.1 Å². The number of anilines is 1. The molecule has 1 aliphatic rings. The molecule has 1 aromatic carbocycles. The Kier molecular flexibility index (Phi) is 8.61. The van der Waals surface area contributed by atoms with E-state index in [4.69, 9.17) is 9.47 Å². The van der Waals surface area contributed by atoms with E-state index in [1.54, 1.807) is 31.6 Å². The number of carbonyl (C=O) groups is 1. The van der Waals surface area contributed by atoms with Crippen LogP contribution in [0, 0.1) is 17.2 Å². The fourth-order valence-corrected chi connectivity index (χ4v) is 5.09. The molecule has 1 saturated heterocycles. The summed E-state index contributed by atoms with van der Waals surface area (Å²) in [6.45, 7) is 4.95. The van der Waals surface area contributed by atoms with Gasteiger partial charge in [-0.3, -0.25) is 0 Å². The summed E-state index contributed by atoms with van der Waals surface area (Å²) in [5.41, 5.74) is 1.36. The molecule has 0 unspecified atom stereocenters. The van der Waals surface area contributed by atoms with Crippen molar-refractivity contribution in [2.75, 3.05) is 45.3 Å². The van der Waals surface area contributed by atoms with Gasteiger partial charge in [-0.1, -0.05) is 0 Å². The lowest BCUT2D eigenvalue weighted by molar-refractivity contribution is 0.143. The van der Waals surface area contributed by atoms with Crippen molar-refractivity contribution in [2.24, 2.45) is 5.92 Å². The lowest BCUT2D eigenvalue weighted by atomic mass is 9.93. The summed E-state index contributed by atoms with van der Waals surface area (Å²) in [7, 11) is 3.17. The smallest absolute Gasteiger partial charge is 0.407 e. The van der Waals surface area contributed by atoms with Gasteiger partial charge in [-0.2, -0.15) is 5.26 Å². The summed E-state index contributed by atoms with van der Waals surface area (Å²) in [5, 5.41) is 20.1. The Balaban J connectivity index is 1.62. The van der Waals surface area contributed by atoms with Gasteiger partial charge in [0.15, 0.2) is 11.5 Å². The molecule has 0 aliphatic carbocycles. The number of ether oxygens (including phenoxy) is 2. The van der Waals surface area contributed by atoms with Crippen molar-refractivity contribution in [1.82, 2.24) is 4.90 Å². The molecule has 8 heteroatoms. The van der Waals surface area contributed by atoms with Gasteiger partial charge in [0.1, 0.15) is 0 Å². The maximum atomic E-state index is 11.2. The molecule has 0 spiro atoms. The molecule has 33 heavy (non-hydrogen) atoms. The molecule has 1 aromatic heterocycles. The van der Waals surface area contributed by atoms with Gasteiger partial charge in [0, 0.05) is 31.1 Å². The van der Waals surface area contributed by atoms with Crippen molar-refractivity contribution in [2.45, 2.75) is 26.2 Å². The van der Waals surface area contributed by atoms with E-state index in [0.29, 0.717) is 36.1 Å². The van der Waals surface area contributed by atoms with Crippen LogP contribution >= 0.6 is 11.3 Å². The molecule has 0 atom stereocenters. The number of nitrogens with zero attached hydrogens (tertiary/aromatic N) is 3. The first-order valence-electron chi connectivity index (χ1n) is 11.2. The Morgan fingerprint density at radius 2 is 1.97 bits per heavy atom. The van der Waals surface area contributed by atoms with Crippen LogP contribution in [0.25, 0.3) is 11.6 Å². The number of benzene rings is 1. The van der Waals surface area contributed by atoms with Gasteiger partial charge in [0.05, 0.1) is 30.9 Å². The van der Waals surface area contributed by atoms with Crippen molar-refractivity contribution in [3.63, 3.8) is 0 Å². The number of allylic oxidation sites excluding steroid dienone is 1. The zero-order valence-electron chi connectivity index (χ0n) is 19.4. The number of carboxylic acid groups (broad SMARTS) is 1. The van der Waals surface area contributed by atoms with Crippen LogP contribution in [-0.4, -0.2) is 56.5 Å². The van der Waals surface area contributed by atoms with E-state index in [1.165, 1.54) is 9.90 Å². The van der Waals surface area contributed by atoms with E-state index in [-0.39, 0.29) is 0 Å². The Hall–Kier alpha value is -3.18. The molecule has 0 bridgehead atoms. The summed E-state index contributed by atoms with van der Waals surface area (Å²) in [4.78, 5) is 16.1. The Morgan fingerprint density at radius 3 is 2.58 bits per heavy atom. The SMILES string of the molecule is CCN(CCC1CCN(c2ccc(C=C(C#N)c3ccc(OC)c(OC)c3)s2)CC1)C(=O)O. The second kappa shape index (κ2) is 11.6. The number of hydrogen-bond donors (Lipinski definition) is 1. The molecule has 2 aromatic rings. The van der Waals surface area contributed by atoms with Crippen molar-refractivity contribution in [3.8, 4) is 17.6 Å². The van der Waals surface area contributed by atoms with E-state index in [1.807, 2.05) is 25.1 Å². The minimum Gasteiger partial charge on any atom is -0.493 e. The second-order valence-electron chi connectivity index (χ2n) is 8.00. The van der Waals surface area contributed by atoms with Crippen molar-refractivity contribution in [1.29, 1.82) is 5.26 Å². The summed E-state index contributed by atoms with van der Waals surface area (Å²) in [5.74, 6) is 1.78. The molecule has 176 valence electrons. The quantitative estimate of drug-likeness (QED) is 0.493. The van der Waals surface area contributed by atoms with E-state index < -0.39 is 6.09 Å². The van der Waals surface area contributed by atoms with Crippen LogP contribution in [0.15, 0.2) is 30.3 Å². The molecule has 1 fully saturated rings. The molecule has 0 saturated carbocycles. The van der Waals surface area contributed by atoms with E-state index >= 15 is 0 Å². The van der Waals surface area contributed by atoms with Crippen LogP contribution in [0.5, 0.6) is 11.5 Å². The van der Waals surface area contributed by atoms with Crippen LogP contribution in [0.1, 0.15) is 36.6 Å². The van der Waals surface area contributed by atoms with Crippen LogP contribution in [-0.2, 0) is 0 Å². The highest BCUT2D eigenvalue weighted by Gasteiger charge is 2.22. The second-order valence-corrected chi connectivity index (χ2v) is 9.09. The molecule has 1 N–H and O–H groups in total. The summed E-state index contributed by atoms with van der Waals surface area (Å²) in [6, 6.07) is 11.9. The van der Waals surface area contributed by atoms with Crippen molar-refractivity contribution < 1.29 is 19.4 Å². The average molecular weight is 470 g/mol. The van der Waals surface area contributed by atoms with Gasteiger partial charge >= 0.3 is 6.09 Å². The van der Waals surface area contributed by atoms with Crippen LogP contribution in [0.3, 0.4) is 0 Å². The first kappa shape index (κ1) is 24.5. The van der Waals surface area contributed by atoms with Crippen molar-refractivity contribution >= 4 is 34.1 Å². The van der Waals surface area contributed by atoms with Crippen molar-refractivity contribution in [3.05, 3.63) is 40.8 Å². The fourth-order valence-electron chi connectivity index (χ4n) is 4.09. The Bertz CT molecular complexity index is 1020. The number of rotatable bonds is 9. The zero-order valence-corrected chi connectivity index (χ0v) is 20.2. The van der Waals surface area contributed by atoms with Gasteiger partial charge < -0.3 is 24.4 Å². The maximum absolute atomic E-state index is 11.2. The number of thiophene rings is 1. The third kappa shape index (κ3) is 6.20. The number of piperidine rings is 1. The molecule has 2 heterocycles. The van der Waals surface area contributed by atoms with Gasteiger partial charge in [-0.25, -0.2) is 4.79 Å².